The maximum absolute atomic E-state index is 12.2. The predicted octanol–water partition coefficient (Wildman–Crippen LogP) is 2.11. The first-order valence-corrected chi connectivity index (χ1v) is 8.50. The molecule has 0 aliphatic rings. The molecule has 0 saturated carbocycles. The standard InChI is InChI=1S/C20H19N3O5/c1-14-4-3-5-18-22-16(10-19(24)23(14)18)12-27-20(25)13-28-21-11-15-6-8-17(26-2)9-7-15/h3-11H,12-13H2,1-2H3/b21-11+. The largest absolute Gasteiger partial charge is 0.497 e. The molecule has 0 radical (unpaired) electrons. The van der Waals surface area contributed by atoms with E-state index in [1.807, 2.05) is 19.1 Å². The molecule has 0 atom stereocenters. The Morgan fingerprint density at radius 3 is 2.75 bits per heavy atom. The Morgan fingerprint density at radius 2 is 2.00 bits per heavy atom. The summed E-state index contributed by atoms with van der Waals surface area (Å²) >= 11 is 0. The van der Waals surface area contributed by atoms with Crippen molar-refractivity contribution in [1.29, 1.82) is 0 Å². The van der Waals surface area contributed by atoms with Crippen LogP contribution in [-0.4, -0.2) is 35.3 Å². The average molecular weight is 381 g/mol. The van der Waals surface area contributed by atoms with E-state index < -0.39 is 5.97 Å². The summed E-state index contributed by atoms with van der Waals surface area (Å²) in [6.07, 6.45) is 1.47. The van der Waals surface area contributed by atoms with Gasteiger partial charge in [-0.2, -0.15) is 0 Å². The predicted molar refractivity (Wildman–Crippen MR) is 103 cm³/mol. The first kappa shape index (κ1) is 19.1. The summed E-state index contributed by atoms with van der Waals surface area (Å²) in [6, 6.07) is 13.9. The minimum Gasteiger partial charge on any atom is -0.497 e. The summed E-state index contributed by atoms with van der Waals surface area (Å²) in [7, 11) is 1.59. The number of fused-ring (bicyclic) bond motifs is 1. The number of carbonyl (C=O) groups excluding carboxylic acids is 1. The lowest BCUT2D eigenvalue weighted by Crippen LogP contribution is -2.19. The number of hydrogen-bond donors (Lipinski definition) is 0. The highest BCUT2D eigenvalue weighted by molar-refractivity contribution is 5.79. The highest BCUT2D eigenvalue weighted by Crippen LogP contribution is 2.09. The van der Waals surface area contributed by atoms with Gasteiger partial charge in [-0.25, -0.2) is 9.78 Å². The second-order valence-electron chi connectivity index (χ2n) is 5.89. The average Bonchev–Trinajstić information content (AvgIpc) is 2.70. The molecular formula is C20H19N3O5. The van der Waals surface area contributed by atoms with Crippen molar-refractivity contribution in [1.82, 2.24) is 9.38 Å². The number of pyridine rings is 1. The zero-order valence-electron chi connectivity index (χ0n) is 15.5. The molecule has 0 aliphatic heterocycles. The Labute approximate surface area is 161 Å². The van der Waals surface area contributed by atoms with Crippen LogP contribution in [0.15, 0.2) is 58.5 Å². The number of rotatable bonds is 7. The fraction of sp³-hybridized carbons (Fsp3) is 0.200. The van der Waals surface area contributed by atoms with Crippen LogP contribution in [0.3, 0.4) is 0 Å². The quantitative estimate of drug-likeness (QED) is 0.354. The molecule has 8 heteroatoms. The number of aromatic nitrogens is 2. The smallest absolute Gasteiger partial charge is 0.347 e. The van der Waals surface area contributed by atoms with Gasteiger partial charge in [-0.1, -0.05) is 11.2 Å². The molecule has 0 fully saturated rings. The fourth-order valence-electron chi connectivity index (χ4n) is 2.51. The van der Waals surface area contributed by atoms with Gasteiger partial charge in [0.1, 0.15) is 18.0 Å². The molecule has 3 aromatic rings. The van der Waals surface area contributed by atoms with Gasteiger partial charge in [0.15, 0.2) is 0 Å². The Morgan fingerprint density at radius 1 is 1.21 bits per heavy atom. The van der Waals surface area contributed by atoms with Crippen LogP contribution in [0.25, 0.3) is 5.65 Å². The molecule has 0 bridgehead atoms. The molecule has 0 unspecified atom stereocenters. The summed E-state index contributed by atoms with van der Waals surface area (Å²) in [4.78, 5) is 33.2. The molecule has 2 aromatic heterocycles. The van der Waals surface area contributed by atoms with E-state index in [0.717, 1.165) is 17.0 Å². The van der Waals surface area contributed by atoms with Crippen LogP contribution in [0.2, 0.25) is 0 Å². The van der Waals surface area contributed by atoms with Crippen LogP contribution in [0, 0.1) is 6.92 Å². The van der Waals surface area contributed by atoms with Crippen LogP contribution in [0.1, 0.15) is 17.0 Å². The SMILES string of the molecule is COc1ccc(/C=N/OCC(=O)OCc2cc(=O)n3c(C)cccc3n2)cc1. The molecule has 0 amide bonds. The van der Waals surface area contributed by atoms with Crippen LogP contribution in [0.4, 0.5) is 0 Å². The van der Waals surface area contributed by atoms with Gasteiger partial charge < -0.3 is 14.3 Å². The Bertz CT molecular complexity index is 1060. The summed E-state index contributed by atoms with van der Waals surface area (Å²) in [5.41, 5.74) is 2.21. The molecule has 1 aromatic carbocycles. The second-order valence-corrected chi connectivity index (χ2v) is 5.89. The van der Waals surface area contributed by atoms with E-state index in [4.69, 9.17) is 14.3 Å². The number of methoxy groups -OCH3 is 1. The molecule has 144 valence electrons. The highest BCUT2D eigenvalue weighted by atomic mass is 16.6. The monoisotopic (exact) mass is 381 g/mol. The number of aryl methyl sites for hydroxylation is 1. The number of nitrogens with zero attached hydrogens (tertiary/aromatic N) is 3. The Hall–Kier alpha value is -3.68. The minimum absolute atomic E-state index is 0.121. The van der Waals surface area contributed by atoms with Crippen molar-refractivity contribution >= 4 is 17.8 Å². The van der Waals surface area contributed by atoms with Crippen molar-refractivity contribution in [2.75, 3.05) is 13.7 Å². The lowest BCUT2D eigenvalue weighted by molar-refractivity contribution is -0.150. The Balaban J connectivity index is 1.51. The van der Waals surface area contributed by atoms with Gasteiger partial charge in [-0.15, -0.1) is 0 Å². The molecular weight excluding hydrogens is 362 g/mol. The molecule has 0 saturated heterocycles. The fourth-order valence-corrected chi connectivity index (χ4v) is 2.51. The van der Waals surface area contributed by atoms with Crippen LogP contribution >= 0.6 is 0 Å². The maximum atomic E-state index is 12.2. The van der Waals surface area contributed by atoms with Gasteiger partial charge in [0, 0.05) is 11.8 Å². The van der Waals surface area contributed by atoms with Gasteiger partial charge in [-0.05, 0) is 48.9 Å². The van der Waals surface area contributed by atoms with E-state index in [1.165, 1.54) is 16.7 Å². The number of oxime groups is 1. The summed E-state index contributed by atoms with van der Waals surface area (Å²) in [5.74, 6) is 0.122. The molecule has 0 N–H and O–H groups in total. The molecule has 8 nitrogen and oxygen atoms in total. The maximum Gasteiger partial charge on any atom is 0.347 e. The van der Waals surface area contributed by atoms with Crippen LogP contribution < -0.4 is 10.3 Å². The van der Waals surface area contributed by atoms with Gasteiger partial charge in [0.25, 0.3) is 5.56 Å². The lowest BCUT2D eigenvalue weighted by Gasteiger charge is -2.07. The van der Waals surface area contributed by atoms with Crippen molar-refractivity contribution in [3.63, 3.8) is 0 Å². The molecule has 0 aliphatic carbocycles. The molecule has 3 rings (SSSR count). The number of benzene rings is 1. The van der Waals surface area contributed by atoms with E-state index in [9.17, 15) is 9.59 Å². The first-order chi connectivity index (χ1) is 13.6. The summed E-state index contributed by atoms with van der Waals surface area (Å²) < 4.78 is 11.6. The van der Waals surface area contributed by atoms with Crippen LogP contribution in [0.5, 0.6) is 5.75 Å². The first-order valence-electron chi connectivity index (χ1n) is 8.50. The van der Waals surface area contributed by atoms with E-state index in [1.54, 1.807) is 37.4 Å². The summed E-state index contributed by atoms with van der Waals surface area (Å²) in [5, 5.41) is 3.72. The van der Waals surface area contributed by atoms with Crippen molar-refractivity contribution in [2.24, 2.45) is 5.16 Å². The van der Waals surface area contributed by atoms with E-state index in [0.29, 0.717) is 11.3 Å². The van der Waals surface area contributed by atoms with Gasteiger partial charge in [0.2, 0.25) is 6.61 Å². The third-order valence-corrected chi connectivity index (χ3v) is 3.89. The van der Waals surface area contributed by atoms with Crippen molar-refractivity contribution in [3.8, 4) is 5.75 Å². The number of ether oxygens (including phenoxy) is 2. The Kier molecular flexibility index (Phi) is 6.01. The topological polar surface area (TPSA) is 91.5 Å². The van der Waals surface area contributed by atoms with E-state index in [2.05, 4.69) is 10.1 Å². The zero-order valence-corrected chi connectivity index (χ0v) is 15.5. The lowest BCUT2D eigenvalue weighted by atomic mass is 10.2. The number of esters is 1. The van der Waals surface area contributed by atoms with Gasteiger partial charge >= 0.3 is 5.97 Å². The zero-order chi connectivity index (χ0) is 19.9. The van der Waals surface area contributed by atoms with Crippen molar-refractivity contribution < 1.29 is 19.1 Å². The minimum atomic E-state index is -0.613. The van der Waals surface area contributed by atoms with Crippen molar-refractivity contribution in [2.45, 2.75) is 13.5 Å². The van der Waals surface area contributed by atoms with Crippen molar-refractivity contribution in [3.05, 3.63) is 75.8 Å². The third-order valence-electron chi connectivity index (χ3n) is 3.89. The summed E-state index contributed by atoms with van der Waals surface area (Å²) in [6.45, 7) is 1.35. The number of carbonyl (C=O) groups is 1. The highest BCUT2D eigenvalue weighted by Gasteiger charge is 2.08. The second kappa shape index (κ2) is 8.81. The molecule has 28 heavy (non-hydrogen) atoms. The van der Waals surface area contributed by atoms with E-state index in [-0.39, 0.29) is 18.8 Å². The van der Waals surface area contributed by atoms with E-state index >= 15 is 0 Å². The van der Waals surface area contributed by atoms with Gasteiger partial charge in [0.05, 0.1) is 19.0 Å². The molecule has 2 heterocycles. The van der Waals surface area contributed by atoms with Crippen LogP contribution in [-0.2, 0) is 21.0 Å². The molecule has 0 spiro atoms. The normalized spacial score (nSPS) is 10.9. The van der Waals surface area contributed by atoms with Gasteiger partial charge in [-0.3, -0.25) is 9.20 Å². The third kappa shape index (κ3) is 4.73. The number of hydrogen-bond acceptors (Lipinski definition) is 7.